The van der Waals surface area contributed by atoms with E-state index in [1.807, 2.05) is 0 Å². The number of nitrogens with zero attached hydrogens (tertiary/aromatic N) is 3. The third kappa shape index (κ3) is 3.72. The lowest BCUT2D eigenvalue weighted by molar-refractivity contribution is 0.0628. The summed E-state index contributed by atoms with van der Waals surface area (Å²) < 4.78 is 0. The van der Waals surface area contributed by atoms with Crippen LogP contribution in [-0.4, -0.2) is 61.2 Å². The van der Waals surface area contributed by atoms with Crippen LogP contribution in [0.25, 0.3) is 0 Å². The average molecular weight is 316 g/mol. The molecule has 2 saturated heterocycles. The van der Waals surface area contributed by atoms with Crippen LogP contribution in [0.3, 0.4) is 0 Å². The fourth-order valence-corrected chi connectivity index (χ4v) is 3.78. The van der Waals surface area contributed by atoms with E-state index in [1.165, 1.54) is 56.9 Å². The van der Waals surface area contributed by atoms with Crippen LogP contribution in [0.4, 0.5) is 5.69 Å². The third-order valence-electron chi connectivity index (χ3n) is 5.84. The standard InChI is InChI=1S/C20H33N3/c1-5-17(4)21-9-11-22(12-10-21)20-14-23(15-20)19-8-6-7-18(13-19)16(2)3/h6-8,13,16-17,20H,5,9-12,14-15H2,1-4H3. The van der Waals surface area contributed by atoms with Crippen LogP contribution in [0.5, 0.6) is 0 Å². The monoisotopic (exact) mass is 315 g/mol. The van der Waals surface area contributed by atoms with Crippen molar-refractivity contribution in [3.63, 3.8) is 0 Å². The van der Waals surface area contributed by atoms with Gasteiger partial charge >= 0.3 is 0 Å². The summed E-state index contributed by atoms with van der Waals surface area (Å²) in [5.41, 5.74) is 2.86. The van der Waals surface area contributed by atoms with Gasteiger partial charge in [0.15, 0.2) is 0 Å². The summed E-state index contributed by atoms with van der Waals surface area (Å²) >= 11 is 0. The van der Waals surface area contributed by atoms with Crippen molar-refractivity contribution in [2.24, 2.45) is 0 Å². The Balaban J connectivity index is 1.49. The van der Waals surface area contributed by atoms with Crippen LogP contribution >= 0.6 is 0 Å². The number of anilines is 1. The van der Waals surface area contributed by atoms with Crippen LogP contribution in [0.1, 0.15) is 45.6 Å². The van der Waals surface area contributed by atoms with Gasteiger partial charge in [0, 0.05) is 57.0 Å². The van der Waals surface area contributed by atoms with Gasteiger partial charge in [-0.2, -0.15) is 0 Å². The van der Waals surface area contributed by atoms with E-state index in [1.54, 1.807) is 0 Å². The fraction of sp³-hybridized carbons (Fsp3) is 0.700. The molecule has 2 aliphatic heterocycles. The highest BCUT2D eigenvalue weighted by Gasteiger charge is 2.34. The smallest absolute Gasteiger partial charge is 0.0447 e. The molecular weight excluding hydrogens is 282 g/mol. The van der Waals surface area contributed by atoms with Gasteiger partial charge in [-0.25, -0.2) is 0 Å². The van der Waals surface area contributed by atoms with Gasteiger partial charge in [0.25, 0.3) is 0 Å². The topological polar surface area (TPSA) is 9.72 Å². The van der Waals surface area contributed by atoms with Crippen LogP contribution < -0.4 is 4.90 Å². The van der Waals surface area contributed by atoms with Crippen molar-refractivity contribution in [2.45, 2.75) is 52.1 Å². The lowest BCUT2D eigenvalue weighted by Crippen LogP contribution is -2.63. The number of piperazine rings is 1. The highest BCUT2D eigenvalue weighted by atomic mass is 15.4. The maximum atomic E-state index is 2.71. The second-order valence-electron chi connectivity index (χ2n) is 7.64. The Labute approximate surface area is 142 Å². The molecular formula is C20H33N3. The first-order valence-corrected chi connectivity index (χ1v) is 9.41. The minimum absolute atomic E-state index is 0.612. The second kappa shape index (κ2) is 7.23. The molecule has 2 aliphatic rings. The van der Waals surface area contributed by atoms with E-state index >= 15 is 0 Å². The summed E-state index contributed by atoms with van der Waals surface area (Å²) in [5.74, 6) is 0.612. The largest absolute Gasteiger partial charge is 0.368 e. The highest BCUT2D eigenvalue weighted by molar-refractivity contribution is 5.52. The van der Waals surface area contributed by atoms with Gasteiger partial charge in [-0.15, -0.1) is 0 Å². The van der Waals surface area contributed by atoms with E-state index in [-0.39, 0.29) is 0 Å². The van der Waals surface area contributed by atoms with Crippen molar-refractivity contribution >= 4 is 5.69 Å². The third-order valence-corrected chi connectivity index (χ3v) is 5.84. The van der Waals surface area contributed by atoms with E-state index in [2.05, 4.69) is 66.7 Å². The second-order valence-corrected chi connectivity index (χ2v) is 7.64. The maximum absolute atomic E-state index is 2.71. The van der Waals surface area contributed by atoms with E-state index in [0.29, 0.717) is 5.92 Å². The van der Waals surface area contributed by atoms with Gasteiger partial charge in [-0.1, -0.05) is 32.9 Å². The van der Waals surface area contributed by atoms with Gasteiger partial charge in [0.1, 0.15) is 0 Å². The van der Waals surface area contributed by atoms with Crippen molar-refractivity contribution in [3.8, 4) is 0 Å². The van der Waals surface area contributed by atoms with E-state index < -0.39 is 0 Å². The number of hydrogen-bond donors (Lipinski definition) is 0. The highest BCUT2D eigenvalue weighted by Crippen LogP contribution is 2.27. The zero-order valence-corrected chi connectivity index (χ0v) is 15.3. The quantitative estimate of drug-likeness (QED) is 0.824. The molecule has 1 aromatic carbocycles. The molecule has 1 aromatic rings. The molecule has 128 valence electrons. The number of benzene rings is 1. The normalized spacial score (nSPS) is 22.4. The summed E-state index contributed by atoms with van der Waals surface area (Å²) in [5, 5.41) is 0. The molecule has 0 spiro atoms. The zero-order chi connectivity index (χ0) is 16.4. The minimum Gasteiger partial charge on any atom is -0.368 e. The van der Waals surface area contributed by atoms with Crippen molar-refractivity contribution in [3.05, 3.63) is 29.8 Å². The van der Waals surface area contributed by atoms with Crippen LogP contribution in [-0.2, 0) is 0 Å². The number of hydrogen-bond acceptors (Lipinski definition) is 3. The molecule has 2 fully saturated rings. The molecule has 0 amide bonds. The van der Waals surface area contributed by atoms with E-state index in [9.17, 15) is 0 Å². The van der Waals surface area contributed by atoms with Crippen molar-refractivity contribution < 1.29 is 0 Å². The maximum Gasteiger partial charge on any atom is 0.0447 e. The van der Waals surface area contributed by atoms with Crippen molar-refractivity contribution in [1.82, 2.24) is 9.80 Å². The van der Waals surface area contributed by atoms with E-state index in [4.69, 9.17) is 0 Å². The minimum atomic E-state index is 0.612. The first-order chi connectivity index (χ1) is 11.1. The molecule has 23 heavy (non-hydrogen) atoms. The first kappa shape index (κ1) is 16.8. The molecule has 1 unspecified atom stereocenters. The predicted octanol–water partition coefficient (Wildman–Crippen LogP) is 3.41. The molecule has 0 N–H and O–H groups in total. The Bertz CT molecular complexity index is 499. The SMILES string of the molecule is CCC(C)N1CCN(C2CN(c3cccc(C(C)C)c3)C2)CC1. The molecule has 0 bridgehead atoms. The Hall–Kier alpha value is -1.06. The van der Waals surface area contributed by atoms with Crippen LogP contribution in [0.2, 0.25) is 0 Å². The summed E-state index contributed by atoms with van der Waals surface area (Å²) in [6.45, 7) is 16.6. The molecule has 2 heterocycles. The lowest BCUT2D eigenvalue weighted by atomic mass is 10.00. The van der Waals surface area contributed by atoms with Crippen LogP contribution in [0, 0.1) is 0 Å². The number of rotatable bonds is 5. The van der Waals surface area contributed by atoms with Gasteiger partial charge in [0.05, 0.1) is 0 Å². The molecule has 0 aromatic heterocycles. The molecule has 3 nitrogen and oxygen atoms in total. The van der Waals surface area contributed by atoms with Gasteiger partial charge in [0.2, 0.25) is 0 Å². The lowest BCUT2D eigenvalue weighted by Gasteiger charge is -2.49. The fourth-order valence-electron chi connectivity index (χ4n) is 3.78. The van der Waals surface area contributed by atoms with Crippen molar-refractivity contribution in [2.75, 3.05) is 44.2 Å². The molecule has 0 aliphatic carbocycles. The molecule has 3 heteroatoms. The molecule has 0 radical (unpaired) electrons. The first-order valence-electron chi connectivity index (χ1n) is 9.41. The Kier molecular flexibility index (Phi) is 5.27. The average Bonchev–Trinajstić information content (AvgIpc) is 2.53. The zero-order valence-electron chi connectivity index (χ0n) is 15.3. The summed E-state index contributed by atoms with van der Waals surface area (Å²) in [4.78, 5) is 7.90. The molecule has 0 saturated carbocycles. The van der Waals surface area contributed by atoms with Gasteiger partial charge < -0.3 is 4.90 Å². The molecule has 1 atom stereocenters. The Morgan fingerprint density at radius 2 is 1.74 bits per heavy atom. The molecule has 3 rings (SSSR count). The van der Waals surface area contributed by atoms with E-state index in [0.717, 1.165) is 12.1 Å². The van der Waals surface area contributed by atoms with Crippen molar-refractivity contribution in [1.29, 1.82) is 0 Å². The predicted molar refractivity (Wildman–Crippen MR) is 99.4 cm³/mol. The Morgan fingerprint density at radius 1 is 1.04 bits per heavy atom. The summed E-state index contributed by atoms with van der Waals surface area (Å²) in [6, 6.07) is 10.6. The van der Waals surface area contributed by atoms with Gasteiger partial charge in [-0.05, 0) is 37.0 Å². The van der Waals surface area contributed by atoms with Crippen LogP contribution in [0.15, 0.2) is 24.3 Å². The van der Waals surface area contributed by atoms with Gasteiger partial charge in [-0.3, -0.25) is 9.80 Å². The summed E-state index contributed by atoms with van der Waals surface area (Å²) in [6.07, 6.45) is 1.27. The summed E-state index contributed by atoms with van der Waals surface area (Å²) in [7, 11) is 0. The Morgan fingerprint density at radius 3 is 2.35 bits per heavy atom.